The molecule has 1 fully saturated rings. The normalized spacial score (nSPS) is 14.4. The lowest BCUT2D eigenvalue weighted by molar-refractivity contribution is -0.136. The Labute approximate surface area is 118 Å². The standard InChI is InChI=1S/C13H24N2O2.C2H6/c1-4-6-12(3)14(5-2)11-13(16)15-7-9-17-10-8-15;1-2/h3-11H2,1-2H3;1-2H3. The Kier molecular flexibility index (Phi) is 10.3. The number of nitrogens with zero attached hydrogens (tertiary/aromatic N) is 2. The molecule has 0 radical (unpaired) electrons. The lowest BCUT2D eigenvalue weighted by Crippen LogP contribution is -2.45. The third-order valence-corrected chi connectivity index (χ3v) is 3.06. The number of carbonyl (C=O) groups excluding carboxylic acids is 1. The Balaban J connectivity index is 0.00000154. The molecule has 4 nitrogen and oxygen atoms in total. The molecule has 0 unspecified atom stereocenters. The van der Waals surface area contributed by atoms with Crippen molar-refractivity contribution in [1.82, 2.24) is 9.80 Å². The van der Waals surface area contributed by atoms with Crippen LogP contribution >= 0.6 is 0 Å². The zero-order valence-electron chi connectivity index (χ0n) is 13.1. The van der Waals surface area contributed by atoms with Gasteiger partial charge in [-0.25, -0.2) is 0 Å². The van der Waals surface area contributed by atoms with Crippen molar-refractivity contribution >= 4 is 5.91 Å². The number of carbonyl (C=O) groups is 1. The average molecular weight is 270 g/mol. The Morgan fingerprint density at radius 1 is 1.26 bits per heavy atom. The zero-order chi connectivity index (χ0) is 14.7. The molecule has 0 aromatic carbocycles. The fraction of sp³-hybridized carbons (Fsp3) is 0.800. The molecule has 1 heterocycles. The molecular weight excluding hydrogens is 240 g/mol. The van der Waals surface area contributed by atoms with Crippen LogP contribution in [-0.2, 0) is 9.53 Å². The summed E-state index contributed by atoms with van der Waals surface area (Å²) in [5.41, 5.74) is 1.07. The first kappa shape index (κ1) is 18.0. The van der Waals surface area contributed by atoms with Gasteiger partial charge < -0.3 is 14.5 Å². The molecule has 1 aliphatic rings. The van der Waals surface area contributed by atoms with Gasteiger partial charge in [0.25, 0.3) is 0 Å². The Bertz CT molecular complexity index is 261. The minimum atomic E-state index is 0.187. The number of likely N-dealkylation sites (N-methyl/N-ethyl adjacent to an activating group) is 1. The first-order valence-corrected chi connectivity index (χ1v) is 7.47. The summed E-state index contributed by atoms with van der Waals surface area (Å²) in [6.07, 6.45) is 2.03. The van der Waals surface area contributed by atoms with Crippen LogP contribution in [-0.4, -0.2) is 55.1 Å². The van der Waals surface area contributed by atoms with Crippen LogP contribution in [0.2, 0.25) is 0 Å². The fourth-order valence-electron chi connectivity index (χ4n) is 1.97. The SMILES string of the molecule is C=C(CCC)N(CC)CC(=O)N1CCOCC1.CC. The monoisotopic (exact) mass is 270 g/mol. The molecule has 0 aromatic heterocycles. The highest BCUT2D eigenvalue weighted by atomic mass is 16.5. The summed E-state index contributed by atoms with van der Waals surface area (Å²) in [7, 11) is 0. The summed E-state index contributed by atoms with van der Waals surface area (Å²) in [6.45, 7) is 16.3. The van der Waals surface area contributed by atoms with Crippen molar-refractivity contribution in [2.45, 2.75) is 40.5 Å². The van der Waals surface area contributed by atoms with Gasteiger partial charge in [0.05, 0.1) is 19.8 Å². The van der Waals surface area contributed by atoms with Gasteiger partial charge >= 0.3 is 0 Å². The van der Waals surface area contributed by atoms with Crippen LogP contribution in [0.15, 0.2) is 12.3 Å². The van der Waals surface area contributed by atoms with Gasteiger partial charge in [0, 0.05) is 25.3 Å². The van der Waals surface area contributed by atoms with Gasteiger partial charge in [-0.3, -0.25) is 4.79 Å². The highest BCUT2D eigenvalue weighted by molar-refractivity contribution is 5.78. The molecule has 19 heavy (non-hydrogen) atoms. The molecule has 0 aliphatic carbocycles. The van der Waals surface area contributed by atoms with E-state index in [-0.39, 0.29) is 5.91 Å². The number of hydrogen-bond acceptors (Lipinski definition) is 3. The Morgan fingerprint density at radius 2 is 1.84 bits per heavy atom. The number of ether oxygens (including phenoxy) is 1. The highest BCUT2D eigenvalue weighted by Gasteiger charge is 2.19. The van der Waals surface area contributed by atoms with E-state index in [1.54, 1.807) is 0 Å². The maximum absolute atomic E-state index is 12.1. The average Bonchev–Trinajstić information content (AvgIpc) is 2.47. The van der Waals surface area contributed by atoms with E-state index >= 15 is 0 Å². The second-order valence-corrected chi connectivity index (χ2v) is 4.32. The second-order valence-electron chi connectivity index (χ2n) is 4.32. The molecule has 0 bridgehead atoms. The van der Waals surface area contributed by atoms with E-state index in [9.17, 15) is 4.79 Å². The first-order chi connectivity index (χ1) is 9.19. The quantitative estimate of drug-likeness (QED) is 0.743. The van der Waals surface area contributed by atoms with E-state index in [0.29, 0.717) is 19.8 Å². The number of allylic oxidation sites excluding steroid dienone is 1. The molecular formula is C15H30N2O2. The summed E-state index contributed by atoms with van der Waals surface area (Å²) < 4.78 is 5.24. The fourth-order valence-corrected chi connectivity index (χ4v) is 1.97. The molecule has 0 N–H and O–H groups in total. The Morgan fingerprint density at radius 3 is 2.32 bits per heavy atom. The Hall–Kier alpha value is -1.03. The van der Waals surface area contributed by atoms with Crippen molar-refractivity contribution in [3.8, 4) is 0 Å². The van der Waals surface area contributed by atoms with Crippen LogP contribution in [0.1, 0.15) is 40.5 Å². The predicted molar refractivity (Wildman–Crippen MR) is 80.0 cm³/mol. The number of hydrogen-bond donors (Lipinski definition) is 0. The van der Waals surface area contributed by atoms with Crippen molar-refractivity contribution < 1.29 is 9.53 Å². The summed E-state index contributed by atoms with van der Waals surface area (Å²) >= 11 is 0. The first-order valence-electron chi connectivity index (χ1n) is 7.47. The molecule has 1 saturated heterocycles. The lowest BCUT2D eigenvalue weighted by Gasteiger charge is -2.31. The molecule has 0 aromatic rings. The van der Waals surface area contributed by atoms with Crippen LogP contribution in [0.4, 0.5) is 0 Å². The summed E-state index contributed by atoms with van der Waals surface area (Å²) in [5.74, 6) is 0.187. The third kappa shape index (κ3) is 6.62. The molecule has 0 spiro atoms. The van der Waals surface area contributed by atoms with Crippen molar-refractivity contribution in [1.29, 1.82) is 0 Å². The molecule has 4 heteroatoms. The number of rotatable bonds is 6. The minimum Gasteiger partial charge on any atom is -0.378 e. The van der Waals surface area contributed by atoms with Crippen molar-refractivity contribution in [2.24, 2.45) is 0 Å². The van der Waals surface area contributed by atoms with E-state index in [2.05, 4.69) is 25.3 Å². The van der Waals surface area contributed by atoms with Crippen molar-refractivity contribution in [3.05, 3.63) is 12.3 Å². The van der Waals surface area contributed by atoms with Gasteiger partial charge in [-0.15, -0.1) is 0 Å². The van der Waals surface area contributed by atoms with Crippen molar-refractivity contribution in [2.75, 3.05) is 39.4 Å². The van der Waals surface area contributed by atoms with Crippen LogP contribution in [0.5, 0.6) is 0 Å². The second kappa shape index (κ2) is 10.9. The summed E-state index contributed by atoms with van der Waals surface area (Å²) in [6, 6.07) is 0. The molecule has 0 saturated carbocycles. The van der Waals surface area contributed by atoms with E-state index in [1.807, 2.05) is 18.7 Å². The van der Waals surface area contributed by atoms with E-state index in [4.69, 9.17) is 4.74 Å². The van der Waals surface area contributed by atoms with Gasteiger partial charge in [0.2, 0.25) is 5.91 Å². The van der Waals surface area contributed by atoms with E-state index < -0.39 is 0 Å². The third-order valence-electron chi connectivity index (χ3n) is 3.06. The summed E-state index contributed by atoms with van der Waals surface area (Å²) in [4.78, 5) is 16.0. The highest BCUT2D eigenvalue weighted by Crippen LogP contribution is 2.09. The van der Waals surface area contributed by atoms with Gasteiger partial charge in [0.1, 0.15) is 0 Å². The van der Waals surface area contributed by atoms with Crippen LogP contribution in [0.25, 0.3) is 0 Å². The zero-order valence-corrected chi connectivity index (χ0v) is 13.1. The molecule has 1 rings (SSSR count). The van der Waals surface area contributed by atoms with Crippen LogP contribution in [0.3, 0.4) is 0 Å². The van der Waals surface area contributed by atoms with Crippen molar-refractivity contribution in [3.63, 3.8) is 0 Å². The maximum Gasteiger partial charge on any atom is 0.242 e. The molecule has 1 aliphatic heterocycles. The van der Waals surface area contributed by atoms with Crippen LogP contribution < -0.4 is 0 Å². The molecule has 112 valence electrons. The van der Waals surface area contributed by atoms with Crippen LogP contribution in [0, 0.1) is 0 Å². The summed E-state index contributed by atoms with van der Waals surface area (Å²) in [5, 5.41) is 0. The number of amides is 1. The van der Waals surface area contributed by atoms with Gasteiger partial charge in [0.15, 0.2) is 0 Å². The largest absolute Gasteiger partial charge is 0.378 e. The van der Waals surface area contributed by atoms with E-state index in [0.717, 1.165) is 38.2 Å². The van der Waals surface area contributed by atoms with Gasteiger partial charge in [-0.1, -0.05) is 33.8 Å². The lowest BCUT2D eigenvalue weighted by atomic mass is 10.2. The minimum absolute atomic E-state index is 0.187. The van der Waals surface area contributed by atoms with Gasteiger partial charge in [-0.2, -0.15) is 0 Å². The molecule has 1 amide bonds. The smallest absolute Gasteiger partial charge is 0.242 e. The van der Waals surface area contributed by atoms with E-state index in [1.165, 1.54) is 0 Å². The molecule has 0 atom stereocenters. The topological polar surface area (TPSA) is 32.8 Å². The maximum atomic E-state index is 12.1. The number of morpholine rings is 1. The predicted octanol–water partition coefficient (Wildman–Crippen LogP) is 2.51. The van der Waals surface area contributed by atoms with Gasteiger partial charge in [-0.05, 0) is 13.3 Å².